The van der Waals surface area contributed by atoms with Crippen LogP contribution in [0.2, 0.25) is 0 Å². The van der Waals surface area contributed by atoms with Crippen LogP contribution in [0.3, 0.4) is 0 Å². The van der Waals surface area contributed by atoms with Gasteiger partial charge in [-0.3, -0.25) is 9.59 Å². The molecule has 238 valence electrons. The second kappa shape index (κ2) is 13.4. The van der Waals surface area contributed by atoms with E-state index in [2.05, 4.69) is 20.6 Å². The SMILES string of the molecule is O=C(NCCCCCCNC(=O)c1c2c(nc3ccccc13)-c1cccnc1SC2)c1c2c(nc3ccccc13)-c1cccnc1SC2. The fourth-order valence-electron chi connectivity index (χ4n) is 6.59. The molecule has 2 N–H and O–H groups in total. The van der Waals surface area contributed by atoms with Crippen molar-refractivity contribution >= 4 is 57.1 Å². The Morgan fingerprint density at radius 1 is 0.583 bits per heavy atom. The van der Waals surface area contributed by atoms with Crippen LogP contribution < -0.4 is 10.6 Å². The first kappa shape index (κ1) is 30.5. The molecule has 6 heterocycles. The van der Waals surface area contributed by atoms with Crippen LogP contribution in [0, 0.1) is 0 Å². The van der Waals surface area contributed by atoms with Crippen LogP contribution in [0.25, 0.3) is 44.3 Å². The fraction of sp³-hybridized carbons (Fsp3) is 0.211. The van der Waals surface area contributed by atoms with Crippen molar-refractivity contribution in [3.63, 3.8) is 0 Å². The average Bonchev–Trinajstić information content (AvgIpc) is 3.13. The highest BCUT2D eigenvalue weighted by Gasteiger charge is 2.28. The van der Waals surface area contributed by atoms with Crippen molar-refractivity contribution in [3.05, 3.63) is 107 Å². The van der Waals surface area contributed by atoms with Crippen molar-refractivity contribution in [1.29, 1.82) is 0 Å². The molecule has 10 heteroatoms. The number of hydrogen-bond acceptors (Lipinski definition) is 8. The molecule has 0 atom stereocenters. The third-order valence-electron chi connectivity index (χ3n) is 8.87. The second-order valence-electron chi connectivity index (χ2n) is 11.9. The van der Waals surface area contributed by atoms with Crippen LogP contribution in [0.4, 0.5) is 0 Å². The summed E-state index contributed by atoms with van der Waals surface area (Å²) in [7, 11) is 0. The summed E-state index contributed by atoms with van der Waals surface area (Å²) < 4.78 is 0. The van der Waals surface area contributed by atoms with Crippen molar-refractivity contribution in [2.75, 3.05) is 13.1 Å². The topological polar surface area (TPSA) is 110 Å². The number of aromatic nitrogens is 4. The number of hydrogen-bond donors (Lipinski definition) is 2. The maximum Gasteiger partial charge on any atom is 0.252 e. The normalized spacial score (nSPS) is 12.9. The zero-order valence-electron chi connectivity index (χ0n) is 26.2. The summed E-state index contributed by atoms with van der Waals surface area (Å²) in [6.45, 7) is 1.18. The van der Waals surface area contributed by atoms with Gasteiger partial charge in [0, 0.05) is 70.0 Å². The van der Waals surface area contributed by atoms with E-state index in [9.17, 15) is 9.59 Å². The van der Waals surface area contributed by atoms with Gasteiger partial charge in [0.25, 0.3) is 11.8 Å². The molecule has 0 spiro atoms. The van der Waals surface area contributed by atoms with Crippen LogP contribution >= 0.6 is 23.5 Å². The molecule has 48 heavy (non-hydrogen) atoms. The first-order chi connectivity index (χ1) is 23.7. The highest BCUT2D eigenvalue weighted by Crippen LogP contribution is 2.43. The molecule has 2 aliphatic heterocycles. The number of pyridine rings is 4. The molecule has 6 aromatic rings. The molecule has 2 aromatic carbocycles. The quantitative estimate of drug-likeness (QED) is 0.150. The minimum absolute atomic E-state index is 0.0606. The molecule has 0 unspecified atom stereocenters. The number of amides is 2. The van der Waals surface area contributed by atoms with E-state index in [1.165, 1.54) is 0 Å². The summed E-state index contributed by atoms with van der Waals surface area (Å²) in [5.74, 6) is 1.20. The maximum absolute atomic E-state index is 13.6. The lowest BCUT2D eigenvalue weighted by molar-refractivity contribution is 0.0944. The van der Waals surface area contributed by atoms with Gasteiger partial charge < -0.3 is 10.6 Å². The molecular formula is C38H32N6O2S2. The number of nitrogens with one attached hydrogen (secondary N) is 2. The maximum atomic E-state index is 13.6. The Hall–Kier alpha value is -4.80. The predicted molar refractivity (Wildman–Crippen MR) is 192 cm³/mol. The molecule has 0 radical (unpaired) electrons. The summed E-state index contributed by atoms with van der Waals surface area (Å²) in [4.78, 5) is 46.2. The van der Waals surface area contributed by atoms with Gasteiger partial charge in [0.05, 0.1) is 33.5 Å². The fourth-order valence-corrected chi connectivity index (χ4v) is 8.62. The number of rotatable bonds is 9. The number of carbonyl (C=O) groups excluding carboxylic acids is 2. The zero-order chi connectivity index (χ0) is 32.5. The number of unbranched alkanes of at least 4 members (excludes halogenated alkanes) is 3. The summed E-state index contributed by atoms with van der Waals surface area (Å²) in [5.41, 5.74) is 8.64. The number of nitrogens with zero attached hydrogens (tertiary/aromatic N) is 4. The predicted octanol–water partition coefficient (Wildman–Crippen LogP) is 7.84. The highest BCUT2D eigenvalue weighted by atomic mass is 32.2. The lowest BCUT2D eigenvalue weighted by atomic mass is 9.97. The number of benzene rings is 2. The lowest BCUT2D eigenvalue weighted by Crippen LogP contribution is -2.27. The van der Waals surface area contributed by atoms with Gasteiger partial charge in [0.15, 0.2) is 0 Å². The minimum atomic E-state index is -0.0606. The number of fused-ring (bicyclic) bond motifs is 8. The van der Waals surface area contributed by atoms with E-state index in [1.807, 2.05) is 72.8 Å². The molecule has 2 aliphatic rings. The molecule has 8 nitrogen and oxygen atoms in total. The highest BCUT2D eigenvalue weighted by molar-refractivity contribution is 7.98. The third kappa shape index (κ3) is 5.69. The first-order valence-electron chi connectivity index (χ1n) is 16.2. The van der Waals surface area contributed by atoms with Crippen LogP contribution in [-0.4, -0.2) is 44.8 Å². The van der Waals surface area contributed by atoms with Crippen LogP contribution in [0.15, 0.2) is 95.2 Å². The summed E-state index contributed by atoms with van der Waals surface area (Å²) in [6.07, 6.45) is 7.22. The van der Waals surface area contributed by atoms with Gasteiger partial charge in [0.2, 0.25) is 0 Å². The molecule has 2 amide bonds. The first-order valence-corrected chi connectivity index (χ1v) is 18.2. The molecule has 0 aliphatic carbocycles. The average molecular weight is 669 g/mol. The van der Waals surface area contributed by atoms with E-state index in [0.717, 1.165) is 91.2 Å². The van der Waals surface area contributed by atoms with Gasteiger partial charge in [-0.05, 0) is 49.2 Å². The van der Waals surface area contributed by atoms with Gasteiger partial charge >= 0.3 is 0 Å². The van der Waals surface area contributed by atoms with Crippen molar-refractivity contribution in [1.82, 2.24) is 30.6 Å². The minimum Gasteiger partial charge on any atom is -0.352 e. The number of thioether (sulfide) groups is 2. The molecule has 0 saturated heterocycles. The Morgan fingerprint density at radius 2 is 1.04 bits per heavy atom. The van der Waals surface area contributed by atoms with E-state index in [-0.39, 0.29) is 11.8 Å². The van der Waals surface area contributed by atoms with Gasteiger partial charge in [-0.25, -0.2) is 19.9 Å². The van der Waals surface area contributed by atoms with E-state index >= 15 is 0 Å². The Bertz CT molecular complexity index is 2070. The number of para-hydroxylation sites is 2. The smallest absolute Gasteiger partial charge is 0.252 e. The van der Waals surface area contributed by atoms with Crippen LogP contribution in [-0.2, 0) is 11.5 Å². The molecule has 0 fully saturated rings. The van der Waals surface area contributed by atoms with Gasteiger partial charge in [-0.15, -0.1) is 23.5 Å². The zero-order valence-corrected chi connectivity index (χ0v) is 27.8. The standard InChI is InChI=1S/C38H32N6O2S2/c45-35(31-23-11-3-5-15-29(23)43-33-25-13-9-19-41-37(25)47-21-27(31)33)39-17-7-1-2-8-18-40-36(46)32-24-12-4-6-16-30(24)44-34-26-14-10-20-42-38(26)48-22-28(32)34/h3-6,9-16,19-20H,1-2,7-8,17-18,21-22H2,(H,39,45)(H,40,46). The van der Waals surface area contributed by atoms with Gasteiger partial charge in [-0.2, -0.15) is 0 Å². The monoisotopic (exact) mass is 668 g/mol. The summed E-state index contributed by atoms with van der Waals surface area (Å²) in [6, 6.07) is 23.6. The Kier molecular flexibility index (Phi) is 8.50. The van der Waals surface area contributed by atoms with E-state index in [1.54, 1.807) is 35.9 Å². The van der Waals surface area contributed by atoms with Crippen LogP contribution in [0.1, 0.15) is 57.5 Å². The van der Waals surface area contributed by atoms with Crippen molar-refractivity contribution in [3.8, 4) is 22.5 Å². The lowest BCUT2D eigenvalue weighted by Gasteiger charge is -2.22. The largest absolute Gasteiger partial charge is 0.352 e. The Morgan fingerprint density at radius 3 is 1.52 bits per heavy atom. The molecular weight excluding hydrogens is 637 g/mol. The second-order valence-corrected chi connectivity index (χ2v) is 13.8. The third-order valence-corrected chi connectivity index (χ3v) is 10.9. The Labute approximate surface area is 286 Å². The number of carbonyl (C=O) groups is 2. The molecule has 8 rings (SSSR count). The van der Waals surface area contributed by atoms with Crippen molar-refractivity contribution in [2.24, 2.45) is 0 Å². The van der Waals surface area contributed by atoms with E-state index in [4.69, 9.17) is 9.97 Å². The summed E-state index contributed by atoms with van der Waals surface area (Å²) >= 11 is 3.30. The van der Waals surface area contributed by atoms with E-state index in [0.29, 0.717) is 35.7 Å². The van der Waals surface area contributed by atoms with E-state index < -0.39 is 0 Å². The molecule has 4 aromatic heterocycles. The molecule has 0 saturated carbocycles. The van der Waals surface area contributed by atoms with Crippen molar-refractivity contribution < 1.29 is 9.59 Å². The Balaban J connectivity index is 0.879. The molecule has 0 bridgehead atoms. The summed E-state index contributed by atoms with van der Waals surface area (Å²) in [5, 5.41) is 10.0. The van der Waals surface area contributed by atoms with Crippen LogP contribution in [0.5, 0.6) is 0 Å². The van der Waals surface area contributed by atoms with Crippen molar-refractivity contribution in [2.45, 2.75) is 47.2 Å². The van der Waals surface area contributed by atoms with Gasteiger partial charge in [0.1, 0.15) is 10.1 Å². The van der Waals surface area contributed by atoms with Gasteiger partial charge in [-0.1, -0.05) is 49.2 Å².